The van der Waals surface area contributed by atoms with Gasteiger partial charge in [0.1, 0.15) is 0 Å². The fourth-order valence-electron chi connectivity index (χ4n) is 2.49. The number of morpholine rings is 1. The van der Waals surface area contributed by atoms with E-state index in [1.165, 1.54) is 0 Å². The minimum atomic E-state index is -0.248. The van der Waals surface area contributed by atoms with E-state index in [0.29, 0.717) is 39.0 Å². The Bertz CT molecular complexity index is 308. The molecule has 2 heterocycles. The van der Waals surface area contributed by atoms with Crippen LogP contribution in [0.3, 0.4) is 0 Å². The van der Waals surface area contributed by atoms with Crippen molar-refractivity contribution in [3.63, 3.8) is 0 Å². The van der Waals surface area contributed by atoms with E-state index < -0.39 is 0 Å². The van der Waals surface area contributed by atoms with Gasteiger partial charge in [0.05, 0.1) is 19.1 Å². The summed E-state index contributed by atoms with van der Waals surface area (Å²) >= 11 is 0. The van der Waals surface area contributed by atoms with Gasteiger partial charge in [0.25, 0.3) is 0 Å². The van der Waals surface area contributed by atoms with Crippen LogP contribution in [0.15, 0.2) is 0 Å². The normalized spacial score (nSPS) is 26.0. The number of hydrogen-bond acceptors (Lipinski definition) is 4. The summed E-state index contributed by atoms with van der Waals surface area (Å²) in [6.45, 7) is 3.53. The van der Waals surface area contributed by atoms with E-state index in [1.807, 2.05) is 4.90 Å². The number of nitrogens with one attached hydrogen (secondary N) is 1. The maximum Gasteiger partial charge on any atom is 0.225 e. The van der Waals surface area contributed by atoms with Crippen LogP contribution < -0.4 is 11.1 Å². The SMILES string of the molecule is NC(=O)C1CCN(C(=O)CC2CNCCO2)CC1. The highest BCUT2D eigenvalue weighted by atomic mass is 16.5. The summed E-state index contributed by atoms with van der Waals surface area (Å²) in [7, 11) is 0. The average Bonchev–Trinajstić information content (AvgIpc) is 2.40. The number of piperidine rings is 1. The zero-order valence-corrected chi connectivity index (χ0v) is 10.6. The van der Waals surface area contributed by atoms with E-state index in [2.05, 4.69) is 5.32 Å². The summed E-state index contributed by atoms with van der Waals surface area (Å²) in [6, 6.07) is 0. The number of rotatable bonds is 3. The third-order valence-corrected chi connectivity index (χ3v) is 3.66. The van der Waals surface area contributed by atoms with E-state index in [1.54, 1.807) is 0 Å². The molecule has 0 spiro atoms. The lowest BCUT2D eigenvalue weighted by Gasteiger charge is -2.32. The molecule has 0 aromatic heterocycles. The predicted molar refractivity (Wildman–Crippen MR) is 65.7 cm³/mol. The summed E-state index contributed by atoms with van der Waals surface area (Å²) in [5.41, 5.74) is 5.27. The first kappa shape index (κ1) is 13.3. The van der Waals surface area contributed by atoms with Crippen LogP contribution in [0.1, 0.15) is 19.3 Å². The van der Waals surface area contributed by atoms with E-state index in [-0.39, 0.29) is 23.8 Å². The highest BCUT2D eigenvalue weighted by Gasteiger charge is 2.27. The lowest BCUT2D eigenvalue weighted by molar-refractivity contribution is -0.137. The van der Waals surface area contributed by atoms with Crippen molar-refractivity contribution in [3.05, 3.63) is 0 Å². The Kier molecular flexibility index (Phi) is 4.54. The van der Waals surface area contributed by atoms with Crippen molar-refractivity contribution < 1.29 is 14.3 Å². The maximum atomic E-state index is 12.0. The van der Waals surface area contributed by atoms with Crippen LogP contribution >= 0.6 is 0 Å². The minimum Gasteiger partial charge on any atom is -0.375 e. The minimum absolute atomic E-state index is 0.0138. The Morgan fingerprint density at radius 3 is 2.61 bits per heavy atom. The molecule has 2 amide bonds. The van der Waals surface area contributed by atoms with Crippen LogP contribution in [0.5, 0.6) is 0 Å². The second-order valence-electron chi connectivity index (χ2n) is 4.96. The Hall–Kier alpha value is -1.14. The first-order valence-corrected chi connectivity index (χ1v) is 6.56. The highest BCUT2D eigenvalue weighted by Crippen LogP contribution is 2.18. The smallest absolute Gasteiger partial charge is 0.225 e. The molecule has 18 heavy (non-hydrogen) atoms. The monoisotopic (exact) mass is 255 g/mol. The lowest BCUT2D eigenvalue weighted by Crippen LogP contribution is -2.45. The molecule has 1 atom stereocenters. The van der Waals surface area contributed by atoms with Gasteiger partial charge >= 0.3 is 0 Å². The highest BCUT2D eigenvalue weighted by molar-refractivity contribution is 5.79. The Balaban J connectivity index is 1.75. The summed E-state index contributed by atoms with van der Waals surface area (Å²) in [4.78, 5) is 24.9. The fourth-order valence-corrected chi connectivity index (χ4v) is 2.49. The van der Waals surface area contributed by atoms with E-state index in [0.717, 1.165) is 13.1 Å². The first-order valence-electron chi connectivity index (χ1n) is 6.56. The molecule has 0 radical (unpaired) electrons. The number of hydrogen-bond donors (Lipinski definition) is 2. The summed E-state index contributed by atoms with van der Waals surface area (Å²) in [5, 5.41) is 3.21. The van der Waals surface area contributed by atoms with Gasteiger partial charge in [-0.3, -0.25) is 9.59 Å². The molecule has 6 heteroatoms. The molecule has 2 aliphatic rings. The van der Waals surface area contributed by atoms with Gasteiger partial charge in [-0.2, -0.15) is 0 Å². The molecule has 1 unspecified atom stereocenters. The largest absolute Gasteiger partial charge is 0.375 e. The quantitative estimate of drug-likeness (QED) is 0.683. The van der Waals surface area contributed by atoms with Crippen LogP contribution in [0.2, 0.25) is 0 Å². The van der Waals surface area contributed by atoms with Gasteiger partial charge in [-0.15, -0.1) is 0 Å². The number of primary amides is 1. The Labute approximate surface area is 107 Å². The predicted octanol–water partition coefficient (Wildman–Crippen LogP) is -0.911. The number of carbonyl (C=O) groups is 2. The van der Waals surface area contributed by atoms with Crippen molar-refractivity contribution in [2.45, 2.75) is 25.4 Å². The van der Waals surface area contributed by atoms with Crippen molar-refractivity contribution in [2.24, 2.45) is 11.7 Å². The maximum absolute atomic E-state index is 12.0. The van der Waals surface area contributed by atoms with Gasteiger partial charge in [0, 0.05) is 32.1 Å². The molecule has 0 aromatic carbocycles. The van der Waals surface area contributed by atoms with Crippen molar-refractivity contribution >= 4 is 11.8 Å². The lowest BCUT2D eigenvalue weighted by atomic mass is 9.96. The number of ether oxygens (including phenoxy) is 1. The molecule has 2 saturated heterocycles. The van der Waals surface area contributed by atoms with Crippen LogP contribution in [-0.4, -0.2) is 55.6 Å². The van der Waals surface area contributed by atoms with Gasteiger partial charge in [-0.1, -0.05) is 0 Å². The molecule has 0 aliphatic carbocycles. The molecule has 0 saturated carbocycles. The van der Waals surface area contributed by atoms with Crippen LogP contribution in [-0.2, 0) is 14.3 Å². The third kappa shape index (κ3) is 3.43. The molecule has 2 aliphatic heterocycles. The van der Waals surface area contributed by atoms with Crippen LogP contribution in [0, 0.1) is 5.92 Å². The van der Waals surface area contributed by atoms with E-state index in [4.69, 9.17) is 10.5 Å². The van der Waals surface area contributed by atoms with Gasteiger partial charge in [-0.05, 0) is 12.8 Å². The summed E-state index contributed by atoms with van der Waals surface area (Å²) in [5.74, 6) is -0.199. The zero-order chi connectivity index (χ0) is 13.0. The molecule has 2 rings (SSSR count). The van der Waals surface area contributed by atoms with Crippen LogP contribution in [0.25, 0.3) is 0 Å². The van der Waals surface area contributed by atoms with Gasteiger partial charge in [0.15, 0.2) is 0 Å². The molecular weight excluding hydrogens is 234 g/mol. The van der Waals surface area contributed by atoms with Crippen molar-refractivity contribution in [2.75, 3.05) is 32.8 Å². The number of nitrogens with two attached hydrogens (primary N) is 1. The number of nitrogens with zero attached hydrogens (tertiary/aromatic N) is 1. The topological polar surface area (TPSA) is 84.7 Å². The van der Waals surface area contributed by atoms with Crippen LogP contribution in [0.4, 0.5) is 0 Å². The molecule has 3 N–H and O–H groups in total. The van der Waals surface area contributed by atoms with Gasteiger partial charge < -0.3 is 20.7 Å². The Morgan fingerprint density at radius 1 is 1.33 bits per heavy atom. The number of carbonyl (C=O) groups excluding carboxylic acids is 2. The summed E-state index contributed by atoms with van der Waals surface area (Å²) < 4.78 is 5.51. The third-order valence-electron chi connectivity index (χ3n) is 3.66. The fraction of sp³-hybridized carbons (Fsp3) is 0.833. The molecule has 102 valence electrons. The number of likely N-dealkylation sites (tertiary alicyclic amines) is 1. The van der Waals surface area contributed by atoms with E-state index in [9.17, 15) is 9.59 Å². The van der Waals surface area contributed by atoms with E-state index >= 15 is 0 Å². The van der Waals surface area contributed by atoms with Crippen molar-refractivity contribution in [3.8, 4) is 0 Å². The molecule has 0 bridgehead atoms. The van der Waals surface area contributed by atoms with Gasteiger partial charge in [-0.25, -0.2) is 0 Å². The molecule has 2 fully saturated rings. The average molecular weight is 255 g/mol. The summed E-state index contributed by atoms with van der Waals surface area (Å²) in [6.07, 6.45) is 1.78. The Morgan fingerprint density at radius 2 is 2.06 bits per heavy atom. The second kappa shape index (κ2) is 6.15. The molecule has 0 aromatic rings. The number of amides is 2. The first-order chi connectivity index (χ1) is 8.66. The standard InChI is InChI=1S/C12H21N3O3/c13-12(17)9-1-4-15(5-2-9)11(16)7-10-8-14-3-6-18-10/h9-10,14H,1-8H2,(H2,13,17). The second-order valence-corrected chi connectivity index (χ2v) is 4.96. The van der Waals surface area contributed by atoms with Gasteiger partial charge in [0.2, 0.25) is 11.8 Å². The van der Waals surface area contributed by atoms with Crippen molar-refractivity contribution in [1.29, 1.82) is 0 Å². The molecule has 6 nitrogen and oxygen atoms in total. The molecular formula is C12H21N3O3. The zero-order valence-electron chi connectivity index (χ0n) is 10.6. The van der Waals surface area contributed by atoms with Crippen molar-refractivity contribution in [1.82, 2.24) is 10.2 Å².